The Morgan fingerprint density at radius 1 is 1.25 bits per heavy atom. The van der Waals surface area contributed by atoms with E-state index < -0.39 is 0 Å². The normalized spacial score (nSPS) is 11.2. The maximum atomic E-state index is 10.7. The van der Waals surface area contributed by atoms with Gasteiger partial charge in [-0.25, -0.2) is 9.97 Å². The molecule has 0 saturated carbocycles. The Balaban J connectivity index is 2.78. The van der Waals surface area contributed by atoms with E-state index in [4.69, 9.17) is 5.73 Å². The summed E-state index contributed by atoms with van der Waals surface area (Å²) < 4.78 is 0. The number of amides is 1. The van der Waals surface area contributed by atoms with Crippen LogP contribution in [0.4, 0.5) is 11.6 Å². The van der Waals surface area contributed by atoms with E-state index in [-0.39, 0.29) is 11.3 Å². The van der Waals surface area contributed by atoms with Gasteiger partial charge in [0.1, 0.15) is 17.5 Å². The van der Waals surface area contributed by atoms with Crippen LogP contribution in [0.2, 0.25) is 0 Å². The number of aromatic nitrogens is 2. The fourth-order valence-electron chi connectivity index (χ4n) is 1.62. The van der Waals surface area contributed by atoms with Gasteiger partial charge < -0.3 is 16.4 Å². The van der Waals surface area contributed by atoms with Gasteiger partial charge in [-0.2, -0.15) is 0 Å². The molecular weight excluding hydrogens is 254 g/mol. The van der Waals surface area contributed by atoms with Gasteiger partial charge in [0.05, 0.1) is 0 Å². The molecule has 6 nitrogen and oxygen atoms in total. The van der Waals surface area contributed by atoms with Crippen molar-refractivity contribution in [1.82, 2.24) is 9.97 Å². The first-order chi connectivity index (χ1) is 9.32. The molecule has 0 aliphatic heterocycles. The summed E-state index contributed by atoms with van der Waals surface area (Å²) in [7, 11) is 0. The standard InChI is InChI=1S/C14H25N5O/c1-5-16-11-9-12(17-8-6-7-10(15)20)19-13(18-11)14(2,3)4/h9H,5-8H2,1-4H3,(H2,15,20)(H2,16,17,18,19). The molecular formula is C14H25N5O. The van der Waals surface area contributed by atoms with Gasteiger partial charge in [-0.3, -0.25) is 4.79 Å². The van der Waals surface area contributed by atoms with Crippen LogP contribution in [-0.4, -0.2) is 29.0 Å². The Hall–Kier alpha value is -1.85. The maximum Gasteiger partial charge on any atom is 0.217 e. The summed E-state index contributed by atoms with van der Waals surface area (Å²) in [6.45, 7) is 9.73. The average molecular weight is 279 g/mol. The van der Waals surface area contributed by atoms with E-state index in [0.29, 0.717) is 19.4 Å². The minimum absolute atomic E-state index is 0.116. The van der Waals surface area contributed by atoms with Crippen molar-refractivity contribution in [3.05, 3.63) is 11.9 Å². The number of carbonyl (C=O) groups excluding carboxylic acids is 1. The number of hydrogen-bond acceptors (Lipinski definition) is 5. The minimum Gasteiger partial charge on any atom is -0.370 e. The first-order valence-electron chi connectivity index (χ1n) is 6.98. The Morgan fingerprint density at radius 2 is 1.85 bits per heavy atom. The lowest BCUT2D eigenvalue weighted by molar-refractivity contribution is -0.118. The molecule has 0 aliphatic carbocycles. The molecule has 0 aromatic carbocycles. The highest BCUT2D eigenvalue weighted by Gasteiger charge is 2.19. The van der Waals surface area contributed by atoms with Gasteiger partial charge in [0.2, 0.25) is 5.91 Å². The number of rotatable bonds is 7. The Bertz CT molecular complexity index is 453. The number of nitrogens with two attached hydrogens (primary N) is 1. The summed E-state index contributed by atoms with van der Waals surface area (Å²) in [5.41, 5.74) is 5.00. The first kappa shape index (κ1) is 16.2. The SMILES string of the molecule is CCNc1cc(NCCCC(N)=O)nc(C(C)(C)C)n1. The van der Waals surface area contributed by atoms with Gasteiger partial charge in [-0.15, -0.1) is 0 Å². The van der Waals surface area contributed by atoms with Crippen LogP contribution in [0.3, 0.4) is 0 Å². The number of nitrogens with one attached hydrogen (secondary N) is 2. The van der Waals surface area contributed by atoms with Crippen LogP contribution in [0.25, 0.3) is 0 Å². The molecule has 0 atom stereocenters. The fourth-order valence-corrected chi connectivity index (χ4v) is 1.62. The molecule has 1 aromatic rings. The van der Waals surface area contributed by atoms with Gasteiger partial charge in [-0.1, -0.05) is 20.8 Å². The summed E-state index contributed by atoms with van der Waals surface area (Å²) in [5.74, 6) is 2.08. The molecule has 0 bridgehead atoms. The number of anilines is 2. The van der Waals surface area contributed by atoms with Gasteiger partial charge in [0.15, 0.2) is 0 Å². The molecule has 1 rings (SSSR count). The molecule has 0 unspecified atom stereocenters. The monoisotopic (exact) mass is 279 g/mol. The summed E-state index contributed by atoms with van der Waals surface area (Å²) in [4.78, 5) is 19.7. The van der Waals surface area contributed by atoms with E-state index in [0.717, 1.165) is 24.0 Å². The van der Waals surface area contributed by atoms with Crippen LogP contribution in [-0.2, 0) is 10.2 Å². The lowest BCUT2D eigenvalue weighted by Crippen LogP contribution is -2.19. The van der Waals surface area contributed by atoms with Crippen molar-refractivity contribution in [3.63, 3.8) is 0 Å². The fraction of sp³-hybridized carbons (Fsp3) is 0.643. The number of primary amides is 1. The highest BCUT2D eigenvalue weighted by Crippen LogP contribution is 2.22. The highest BCUT2D eigenvalue weighted by molar-refractivity contribution is 5.73. The van der Waals surface area contributed by atoms with Crippen molar-refractivity contribution >= 4 is 17.5 Å². The predicted molar refractivity (Wildman–Crippen MR) is 81.8 cm³/mol. The van der Waals surface area contributed by atoms with E-state index in [1.807, 2.05) is 13.0 Å². The molecule has 1 amide bonds. The van der Waals surface area contributed by atoms with Crippen molar-refractivity contribution in [1.29, 1.82) is 0 Å². The van der Waals surface area contributed by atoms with Crippen molar-refractivity contribution in [3.8, 4) is 0 Å². The second-order valence-corrected chi connectivity index (χ2v) is 5.74. The third-order valence-electron chi connectivity index (χ3n) is 2.66. The molecule has 0 aliphatic rings. The Morgan fingerprint density at radius 3 is 2.35 bits per heavy atom. The second-order valence-electron chi connectivity index (χ2n) is 5.74. The van der Waals surface area contributed by atoms with E-state index in [2.05, 4.69) is 41.4 Å². The Kier molecular flexibility index (Phi) is 5.73. The van der Waals surface area contributed by atoms with E-state index in [1.165, 1.54) is 0 Å². The Labute approximate surface area is 120 Å². The lowest BCUT2D eigenvalue weighted by atomic mass is 9.96. The van der Waals surface area contributed by atoms with Crippen molar-refractivity contribution in [2.45, 2.75) is 46.0 Å². The predicted octanol–water partition coefficient (Wildman–Crippen LogP) is 1.88. The molecule has 1 heterocycles. The van der Waals surface area contributed by atoms with E-state index in [9.17, 15) is 4.79 Å². The summed E-state index contributed by atoms with van der Waals surface area (Å²) >= 11 is 0. The largest absolute Gasteiger partial charge is 0.370 e. The van der Waals surface area contributed by atoms with Crippen LogP contribution in [0.5, 0.6) is 0 Å². The molecule has 1 aromatic heterocycles. The summed E-state index contributed by atoms with van der Waals surface area (Å²) in [6.07, 6.45) is 1.07. The highest BCUT2D eigenvalue weighted by atomic mass is 16.1. The van der Waals surface area contributed by atoms with Gasteiger partial charge in [0.25, 0.3) is 0 Å². The third kappa shape index (κ3) is 5.42. The molecule has 112 valence electrons. The smallest absolute Gasteiger partial charge is 0.217 e. The third-order valence-corrected chi connectivity index (χ3v) is 2.66. The van der Waals surface area contributed by atoms with Crippen LogP contribution in [0, 0.1) is 0 Å². The lowest BCUT2D eigenvalue weighted by Gasteiger charge is -2.19. The number of nitrogens with zero attached hydrogens (tertiary/aromatic N) is 2. The van der Waals surface area contributed by atoms with Crippen molar-refractivity contribution < 1.29 is 4.79 Å². The summed E-state index contributed by atoms with van der Waals surface area (Å²) in [6, 6.07) is 1.88. The topological polar surface area (TPSA) is 92.9 Å². The van der Waals surface area contributed by atoms with Gasteiger partial charge in [0, 0.05) is 31.0 Å². The van der Waals surface area contributed by atoms with Crippen molar-refractivity contribution in [2.24, 2.45) is 5.73 Å². The van der Waals surface area contributed by atoms with Crippen molar-refractivity contribution in [2.75, 3.05) is 23.7 Å². The zero-order valence-electron chi connectivity index (χ0n) is 12.8. The minimum atomic E-state index is -0.279. The second kappa shape index (κ2) is 7.07. The molecule has 0 radical (unpaired) electrons. The zero-order valence-corrected chi connectivity index (χ0v) is 12.8. The quantitative estimate of drug-likeness (QED) is 0.663. The van der Waals surface area contributed by atoms with Crippen LogP contribution < -0.4 is 16.4 Å². The maximum absolute atomic E-state index is 10.7. The molecule has 0 spiro atoms. The van der Waals surface area contributed by atoms with Crippen LogP contribution >= 0.6 is 0 Å². The van der Waals surface area contributed by atoms with Gasteiger partial charge >= 0.3 is 0 Å². The van der Waals surface area contributed by atoms with E-state index >= 15 is 0 Å². The molecule has 6 heteroatoms. The first-order valence-corrected chi connectivity index (χ1v) is 6.98. The molecule has 20 heavy (non-hydrogen) atoms. The van der Waals surface area contributed by atoms with Crippen LogP contribution in [0.15, 0.2) is 6.07 Å². The summed E-state index contributed by atoms with van der Waals surface area (Å²) in [5, 5.41) is 6.42. The average Bonchev–Trinajstić information content (AvgIpc) is 2.33. The van der Waals surface area contributed by atoms with Gasteiger partial charge in [-0.05, 0) is 13.3 Å². The number of carbonyl (C=O) groups is 1. The molecule has 4 N–H and O–H groups in total. The van der Waals surface area contributed by atoms with E-state index in [1.54, 1.807) is 0 Å². The number of hydrogen-bond donors (Lipinski definition) is 3. The zero-order chi connectivity index (χ0) is 15.2. The molecule has 0 saturated heterocycles. The molecule has 0 fully saturated rings. The van der Waals surface area contributed by atoms with Crippen LogP contribution in [0.1, 0.15) is 46.4 Å².